The minimum atomic E-state index is -4.92. The third kappa shape index (κ3) is 7.31. The molecule has 1 aliphatic heterocycles. The normalized spacial score (nSPS) is 41.4. The molecule has 0 radical (unpaired) electrons. The molecule has 0 aromatic carbocycles. The molecule has 0 aromatic rings. The van der Waals surface area contributed by atoms with Gasteiger partial charge in [0.2, 0.25) is 0 Å². The number of Topliss-reactive ketones (excluding diaryl/α,β-unsaturated/α-hetero) is 1. The van der Waals surface area contributed by atoms with E-state index in [1.165, 1.54) is 5.57 Å². The number of ether oxygens (including phenoxy) is 5. The van der Waals surface area contributed by atoms with E-state index < -0.39 is 65.6 Å². The van der Waals surface area contributed by atoms with E-state index >= 15 is 0 Å². The smallest absolute Gasteiger partial charge is 0.397 e. The average Bonchev–Trinajstić information content (AvgIpc) is 3.32. The van der Waals surface area contributed by atoms with Crippen LogP contribution in [0.1, 0.15) is 92.9 Å². The minimum absolute atomic E-state index is 0.0340. The molecule has 6 unspecified atom stereocenters. The Kier molecular flexibility index (Phi) is 10.3. The van der Waals surface area contributed by atoms with Gasteiger partial charge >= 0.3 is 28.3 Å². The van der Waals surface area contributed by atoms with Crippen LogP contribution in [0.25, 0.3) is 0 Å². The minimum Gasteiger partial charge on any atom is -0.456 e. The second-order valence-corrected chi connectivity index (χ2v) is 15.6. The van der Waals surface area contributed by atoms with Crippen molar-refractivity contribution >= 4 is 34.1 Å². The molecular weight excluding hydrogens is 636 g/mol. The Morgan fingerprint density at radius 2 is 1.51 bits per heavy atom. The number of carbonyl (C=O) groups excluding carboxylic acids is 4. The molecule has 264 valence electrons. The lowest BCUT2D eigenvalue weighted by molar-refractivity contribution is -0.317. The fourth-order valence-corrected chi connectivity index (χ4v) is 10.2. The van der Waals surface area contributed by atoms with E-state index in [2.05, 4.69) is 24.1 Å². The van der Waals surface area contributed by atoms with E-state index in [4.69, 9.17) is 23.7 Å². The molecule has 12 atom stereocenters. The van der Waals surface area contributed by atoms with Gasteiger partial charge in [-0.2, -0.15) is 8.42 Å². The highest BCUT2D eigenvalue weighted by atomic mass is 32.3. The Morgan fingerprint density at radius 1 is 0.872 bits per heavy atom. The van der Waals surface area contributed by atoms with Crippen molar-refractivity contribution in [2.45, 2.75) is 130 Å². The van der Waals surface area contributed by atoms with Gasteiger partial charge in [0.05, 0.1) is 12.7 Å². The molecule has 0 bridgehead atoms. The average molecular weight is 685 g/mol. The lowest BCUT2D eigenvalue weighted by atomic mass is 9.47. The molecule has 1 N–H and O–H groups in total. The molecule has 1 heterocycles. The van der Waals surface area contributed by atoms with Crippen LogP contribution in [0.3, 0.4) is 0 Å². The van der Waals surface area contributed by atoms with Crippen molar-refractivity contribution in [2.24, 2.45) is 34.5 Å². The van der Waals surface area contributed by atoms with Crippen LogP contribution in [0, 0.1) is 34.5 Å². The van der Waals surface area contributed by atoms with Gasteiger partial charge in [0, 0.05) is 26.7 Å². The first kappa shape index (κ1) is 35.9. The van der Waals surface area contributed by atoms with E-state index in [1.54, 1.807) is 6.92 Å². The second kappa shape index (κ2) is 13.5. The van der Waals surface area contributed by atoms with Crippen molar-refractivity contribution in [1.29, 1.82) is 0 Å². The van der Waals surface area contributed by atoms with Crippen LogP contribution in [0.4, 0.5) is 0 Å². The van der Waals surface area contributed by atoms with E-state index in [1.807, 2.05) is 0 Å². The number of allylic oxidation sites excluding steroid dienone is 1. The molecule has 13 nitrogen and oxygen atoms in total. The molecule has 5 aliphatic rings. The molecule has 1 saturated heterocycles. The van der Waals surface area contributed by atoms with Crippen molar-refractivity contribution in [3.63, 3.8) is 0 Å². The van der Waals surface area contributed by atoms with Gasteiger partial charge in [-0.05, 0) is 86.9 Å². The summed E-state index contributed by atoms with van der Waals surface area (Å²) in [7, 11) is -4.92. The van der Waals surface area contributed by atoms with Crippen molar-refractivity contribution in [2.75, 3.05) is 6.61 Å². The van der Waals surface area contributed by atoms with Gasteiger partial charge in [0.25, 0.3) is 0 Å². The molecule has 4 aliphatic carbocycles. The fraction of sp³-hybridized carbons (Fsp3) is 0.818. The Bertz CT molecular complexity index is 1390. The van der Waals surface area contributed by atoms with Gasteiger partial charge in [-0.1, -0.05) is 25.5 Å². The summed E-state index contributed by atoms with van der Waals surface area (Å²) in [6.07, 6.45) is 2.16. The highest BCUT2D eigenvalue weighted by Gasteiger charge is 2.60. The van der Waals surface area contributed by atoms with E-state index in [0.29, 0.717) is 36.4 Å². The summed E-state index contributed by atoms with van der Waals surface area (Å²) in [5.41, 5.74) is 1.31. The lowest BCUT2D eigenvalue weighted by Crippen LogP contribution is -2.63. The molecule has 0 amide bonds. The largest absolute Gasteiger partial charge is 0.456 e. The summed E-state index contributed by atoms with van der Waals surface area (Å²) < 4.78 is 65.5. The molecule has 0 spiro atoms. The Hall–Kier alpha value is -2.39. The molecule has 47 heavy (non-hydrogen) atoms. The van der Waals surface area contributed by atoms with Crippen LogP contribution in [0.5, 0.6) is 0 Å². The van der Waals surface area contributed by atoms with Gasteiger partial charge in [-0.3, -0.25) is 23.7 Å². The van der Waals surface area contributed by atoms with Gasteiger partial charge in [0.1, 0.15) is 11.9 Å². The second-order valence-electron chi connectivity index (χ2n) is 14.5. The molecule has 4 fully saturated rings. The van der Waals surface area contributed by atoms with Crippen molar-refractivity contribution < 1.29 is 60.0 Å². The predicted octanol–water partition coefficient (Wildman–Crippen LogP) is 3.88. The Morgan fingerprint density at radius 3 is 2.13 bits per heavy atom. The summed E-state index contributed by atoms with van der Waals surface area (Å²) in [5, 5.41) is 0. The number of esters is 3. The van der Waals surface area contributed by atoms with E-state index in [9.17, 15) is 32.1 Å². The molecule has 5 rings (SSSR count). The maximum Gasteiger partial charge on any atom is 0.397 e. The zero-order valence-electron chi connectivity index (χ0n) is 28.0. The zero-order chi connectivity index (χ0) is 34.5. The summed E-state index contributed by atoms with van der Waals surface area (Å²) in [6.45, 7) is 8.97. The molecule has 14 heteroatoms. The van der Waals surface area contributed by atoms with Gasteiger partial charge in [-0.25, -0.2) is 4.18 Å². The number of hydrogen-bond donors (Lipinski definition) is 1. The fourth-order valence-electron chi connectivity index (χ4n) is 9.85. The van der Waals surface area contributed by atoms with Crippen LogP contribution >= 0.6 is 0 Å². The van der Waals surface area contributed by atoms with Crippen LogP contribution in [0.2, 0.25) is 0 Å². The van der Waals surface area contributed by atoms with E-state index in [0.717, 1.165) is 59.3 Å². The quantitative estimate of drug-likeness (QED) is 0.160. The highest BCUT2D eigenvalue weighted by molar-refractivity contribution is 7.80. The van der Waals surface area contributed by atoms with Gasteiger partial charge < -0.3 is 23.7 Å². The zero-order valence-corrected chi connectivity index (χ0v) is 28.8. The molecular formula is C33H48O13S. The topological polar surface area (TPSA) is 178 Å². The maximum atomic E-state index is 12.5. The summed E-state index contributed by atoms with van der Waals surface area (Å²) in [4.78, 5) is 48.9. The SMILES string of the molecule is CC(=O)OC1C(COS(=O)(=O)O)OC(OC2CC[C@@]3(C)C(=CC[C@H]4[C@@H]5CC[C@H](C(C)=O)[C@@]5(C)CC[C@@H]43)C2)C(OC(C)=O)C1OC(C)=O. The van der Waals surface area contributed by atoms with Crippen molar-refractivity contribution in [1.82, 2.24) is 0 Å². The summed E-state index contributed by atoms with van der Waals surface area (Å²) >= 11 is 0. The first-order valence-electron chi connectivity index (χ1n) is 16.6. The third-order valence-electron chi connectivity index (χ3n) is 11.8. The third-order valence-corrected chi connectivity index (χ3v) is 12.2. The van der Waals surface area contributed by atoms with Crippen LogP contribution in [-0.2, 0) is 57.4 Å². The first-order valence-corrected chi connectivity index (χ1v) is 17.9. The maximum absolute atomic E-state index is 12.5. The molecule has 3 saturated carbocycles. The van der Waals surface area contributed by atoms with Crippen LogP contribution in [0.15, 0.2) is 11.6 Å². The number of fused-ring (bicyclic) bond motifs is 5. The number of ketones is 1. The monoisotopic (exact) mass is 684 g/mol. The number of rotatable bonds is 9. The standard InChI is InChI=1S/C33H48O13S/c1-17(34)24-9-10-25-23-8-7-21-15-22(11-13-32(21,5)26(23)12-14-33(24,25)6)45-31-30(44-20(4)37)29(43-19(3)36)28(42-18(2)35)27(46-31)16-41-47(38,39)40/h7,22-31H,8-16H2,1-6H3,(H,38,39,40)/t22?,23-,24+,25-,26-,27?,28?,29?,30?,31?,32-,33+/m0/s1. The van der Waals surface area contributed by atoms with Crippen molar-refractivity contribution in [3.05, 3.63) is 11.6 Å². The molecule has 0 aromatic heterocycles. The lowest BCUT2D eigenvalue weighted by Gasteiger charge is -2.58. The Labute approximate surface area is 276 Å². The highest BCUT2D eigenvalue weighted by Crippen LogP contribution is 2.66. The number of hydrogen-bond acceptors (Lipinski definition) is 12. The van der Waals surface area contributed by atoms with Gasteiger partial charge in [-0.15, -0.1) is 0 Å². The van der Waals surface area contributed by atoms with Crippen molar-refractivity contribution in [3.8, 4) is 0 Å². The summed E-state index contributed by atoms with van der Waals surface area (Å²) in [5.74, 6) is -0.349. The predicted molar refractivity (Wildman–Crippen MR) is 164 cm³/mol. The Balaban J connectivity index is 1.38. The summed E-state index contributed by atoms with van der Waals surface area (Å²) in [6, 6.07) is 0. The van der Waals surface area contributed by atoms with E-state index in [-0.39, 0.29) is 22.9 Å². The van der Waals surface area contributed by atoms with Crippen LogP contribution in [-0.4, -0.2) is 80.1 Å². The number of carbonyl (C=O) groups is 4. The van der Waals surface area contributed by atoms with Crippen LogP contribution < -0.4 is 0 Å². The first-order chi connectivity index (χ1) is 21.9. The van der Waals surface area contributed by atoms with Gasteiger partial charge in [0.15, 0.2) is 24.6 Å².